The molecule has 0 heterocycles. The maximum absolute atomic E-state index is 6.21. The lowest BCUT2D eigenvalue weighted by atomic mass is 10.0. The van der Waals surface area contributed by atoms with E-state index in [2.05, 4.69) is 29.6 Å². The Kier molecular flexibility index (Phi) is 3.90. The molecule has 3 rings (SSSR count). The van der Waals surface area contributed by atoms with E-state index < -0.39 is 0 Å². The molecule has 2 saturated carbocycles. The number of hydrogen-bond donors (Lipinski definition) is 2. The van der Waals surface area contributed by atoms with E-state index in [9.17, 15) is 0 Å². The Labute approximate surface area is 116 Å². The summed E-state index contributed by atoms with van der Waals surface area (Å²) < 4.78 is 0. The monoisotopic (exact) mass is 258 g/mol. The summed E-state index contributed by atoms with van der Waals surface area (Å²) in [6.07, 6.45) is 8.16. The Hall–Kier alpha value is -0.860. The first-order valence-electron chi connectivity index (χ1n) is 7.81. The van der Waals surface area contributed by atoms with Gasteiger partial charge in [0.15, 0.2) is 0 Å². The van der Waals surface area contributed by atoms with Gasteiger partial charge in [-0.15, -0.1) is 0 Å². The van der Waals surface area contributed by atoms with Crippen molar-refractivity contribution in [2.24, 2.45) is 17.1 Å². The van der Waals surface area contributed by atoms with E-state index in [4.69, 9.17) is 5.73 Å². The van der Waals surface area contributed by atoms with Crippen LogP contribution in [0.5, 0.6) is 0 Å². The van der Waals surface area contributed by atoms with Crippen LogP contribution in [-0.2, 0) is 0 Å². The Morgan fingerprint density at radius 3 is 2.58 bits per heavy atom. The van der Waals surface area contributed by atoms with E-state index in [1.807, 2.05) is 6.07 Å². The number of nitrogens with two attached hydrogens (primary N) is 1. The van der Waals surface area contributed by atoms with Gasteiger partial charge in [0.2, 0.25) is 0 Å². The highest BCUT2D eigenvalue weighted by atomic mass is 14.9. The van der Waals surface area contributed by atoms with Gasteiger partial charge in [0.1, 0.15) is 0 Å². The third kappa shape index (κ3) is 3.37. The second kappa shape index (κ2) is 5.64. The zero-order valence-electron chi connectivity index (χ0n) is 11.8. The van der Waals surface area contributed by atoms with Crippen LogP contribution in [0.25, 0.3) is 0 Å². The molecule has 1 aromatic carbocycles. The summed E-state index contributed by atoms with van der Waals surface area (Å²) in [5.41, 5.74) is 8.19. The second-order valence-electron chi connectivity index (χ2n) is 6.47. The molecule has 2 fully saturated rings. The average molecular weight is 258 g/mol. The summed E-state index contributed by atoms with van der Waals surface area (Å²) in [4.78, 5) is 0. The van der Waals surface area contributed by atoms with Crippen molar-refractivity contribution in [3.63, 3.8) is 0 Å². The fraction of sp³-hybridized carbons (Fsp3) is 0.647. The summed E-state index contributed by atoms with van der Waals surface area (Å²) in [7, 11) is 0. The average Bonchev–Trinajstić information content (AvgIpc) is 3.31. The molecule has 1 atom stereocenters. The SMILES string of the molecule is NC(CCCNCC1(C2CC2)CC1)c1ccccc1. The van der Waals surface area contributed by atoms with Gasteiger partial charge in [-0.3, -0.25) is 0 Å². The van der Waals surface area contributed by atoms with E-state index in [1.54, 1.807) is 0 Å². The molecule has 1 unspecified atom stereocenters. The lowest BCUT2D eigenvalue weighted by Gasteiger charge is -2.16. The molecule has 0 aromatic heterocycles. The molecule has 104 valence electrons. The molecule has 0 bridgehead atoms. The van der Waals surface area contributed by atoms with Gasteiger partial charge in [-0.1, -0.05) is 30.3 Å². The first-order valence-corrected chi connectivity index (χ1v) is 7.81. The van der Waals surface area contributed by atoms with Crippen LogP contribution >= 0.6 is 0 Å². The van der Waals surface area contributed by atoms with Crippen molar-refractivity contribution in [2.75, 3.05) is 13.1 Å². The van der Waals surface area contributed by atoms with Crippen LogP contribution in [0, 0.1) is 11.3 Å². The highest BCUT2D eigenvalue weighted by molar-refractivity contribution is 5.18. The highest BCUT2D eigenvalue weighted by Gasteiger charge is 2.52. The molecule has 0 spiro atoms. The van der Waals surface area contributed by atoms with Crippen LogP contribution < -0.4 is 11.1 Å². The van der Waals surface area contributed by atoms with Crippen LogP contribution in [0.3, 0.4) is 0 Å². The van der Waals surface area contributed by atoms with Gasteiger partial charge in [0.25, 0.3) is 0 Å². The topological polar surface area (TPSA) is 38.0 Å². The fourth-order valence-electron chi connectivity index (χ4n) is 3.24. The third-order valence-corrected chi connectivity index (χ3v) is 4.91. The lowest BCUT2D eigenvalue weighted by molar-refractivity contribution is 0.399. The molecule has 2 nitrogen and oxygen atoms in total. The van der Waals surface area contributed by atoms with Crippen LogP contribution in [-0.4, -0.2) is 13.1 Å². The van der Waals surface area contributed by atoms with Crippen LogP contribution in [0.4, 0.5) is 0 Å². The minimum atomic E-state index is 0.196. The molecule has 2 aliphatic rings. The molecular formula is C17H26N2. The molecule has 1 aromatic rings. The van der Waals surface area contributed by atoms with Crippen molar-refractivity contribution < 1.29 is 0 Å². The van der Waals surface area contributed by atoms with Crippen molar-refractivity contribution >= 4 is 0 Å². The molecule has 2 aliphatic carbocycles. The van der Waals surface area contributed by atoms with Gasteiger partial charge in [0.05, 0.1) is 0 Å². The van der Waals surface area contributed by atoms with Gasteiger partial charge >= 0.3 is 0 Å². The van der Waals surface area contributed by atoms with Crippen molar-refractivity contribution in [1.82, 2.24) is 5.32 Å². The van der Waals surface area contributed by atoms with Gasteiger partial charge in [-0.25, -0.2) is 0 Å². The van der Waals surface area contributed by atoms with E-state index in [1.165, 1.54) is 44.2 Å². The zero-order chi connectivity index (χ0) is 13.1. The van der Waals surface area contributed by atoms with Crippen molar-refractivity contribution in [3.05, 3.63) is 35.9 Å². The molecule has 0 aliphatic heterocycles. The molecular weight excluding hydrogens is 232 g/mol. The standard InChI is InChI=1S/C17H26N2/c18-16(14-5-2-1-3-6-14)7-4-12-19-13-17(10-11-17)15-8-9-15/h1-3,5-6,15-16,19H,4,7-13,18H2. The van der Waals surface area contributed by atoms with Gasteiger partial charge in [-0.05, 0) is 62.0 Å². The third-order valence-electron chi connectivity index (χ3n) is 4.91. The summed E-state index contributed by atoms with van der Waals surface area (Å²) >= 11 is 0. The minimum absolute atomic E-state index is 0.196. The smallest absolute Gasteiger partial charge is 0.0295 e. The second-order valence-corrected chi connectivity index (χ2v) is 6.47. The first kappa shape index (κ1) is 13.1. The van der Waals surface area contributed by atoms with E-state index in [-0.39, 0.29) is 6.04 Å². The molecule has 0 saturated heterocycles. The molecule has 19 heavy (non-hydrogen) atoms. The number of nitrogens with one attached hydrogen (secondary N) is 1. The molecule has 0 amide bonds. The molecule has 3 N–H and O–H groups in total. The predicted molar refractivity (Wildman–Crippen MR) is 79.9 cm³/mol. The first-order chi connectivity index (χ1) is 9.30. The van der Waals surface area contributed by atoms with Gasteiger partial charge in [0, 0.05) is 12.6 Å². The van der Waals surface area contributed by atoms with Crippen LogP contribution in [0.2, 0.25) is 0 Å². The summed E-state index contributed by atoms with van der Waals surface area (Å²) in [6, 6.07) is 10.6. The maximum Gasteiger partial charge on any atom is 0.0295 e. The number of rotatable bonds is 8. The highest BCUT2D eigenvalue weighted by Crippen LogP contribution is 2.60. The fourth-order valence-corrected chi connectivity index (χ4v) is 3.24. The predicted octanol–water partition coefficient (Wildman–Crippen LogP) is 3.25. The van der Waals surface area contributed by atoms with Crippen LogP contribution in [0.15, 0.2) is 30.3 Å². The summed E-state index contributed by atoms with van der Waals surface area (Å²) in [6.45, 7) is 2.37. The summed E-state index contributed by atoms with van der Waals surface area (Å²) in [5.74, 6) is 1.06. The number of hydrogen-bond acceptors (Lipinski definition) is 2. The Bertz CT molecular complexity index is 393. The lowest BCUT2D eigenvalue weighted by Crippen LogP contribution is -2.26. The van der Waals surface area contributed by atoms with Gasteiger partial charge < -0.3 is 11.1 Å². The maximum atomic E-state index is 6.21. The van der Waals surface area contributed by atoms with E-state index in [0.29, 0.717) is 0 Å². The van der Waals surface area contributed by atoms with Gasteiger partial charge in [-0.2, -0.15) is 0 Å². The minimum Gasteiger partial charge on any atom is -0.324 e. The number of benzene rings is 1. The Morgan fingerprint density at radius 1 is 1.21 bits per heavy atom. The Balaban J connectivity index is 1.31. The quantitative estimate of drug-likeness (QED) is 0.702. The van der Waals surface area contributed by atoms with Crippen molar-refractivity contribution in [3.8, 4) is 0 Å². The van der Waals surface area contributed by atoms with E-state index in [0.717, 1.165) is 24.3 Å². The molecule has 0 radical (unpaired) electrons. The normalized spacial score (nSPS) is 22.2. The van der Waals surface area contributed by atoms with Crippen LogP contribution in [0.1, 0.15) is 50.1 Å². The molecule has 2 heteroatoms. The van der Waals surface area contributed by atoms with Crippen molar-refractivity contribution in [2.45, 2.75) is 44.6 Å². The van der Waals surface area contributed by atoms with E-state index >= 15 is 0 Å². The largest absolute Gasteiger partial charge is 0.324 e. The Morgan fingerprint density at radius 2 is 1.95 bits per heavy atom. The van der Waals surface area contributed by atoms with Crippen molar-refractivity contribution in [1.29, 1.82) is 0 Å². The zero-order valence-corrected chi connectivity index (χ0v) is 11.8. The summed E-state index contributed by atoms with van der Waals surface area (Å²) in [5, 5.41) is 3.66.